The summed E-state index contributed by atoms with van der Waals surface area (Å²) in [4.78, 5) is 0. The van der Waals surface area contributed by atoms with Crippen molar-refractivity contribution in [2.24, 2.45) is 17.6 Å². The van der Waals surface area contributed by atoms with Gasteiger partial charge in [-0.1, -0.05) is 26.0 Å². The second-order valence-corrected chi connectivity index (χ2v) is 4.41. The Kier molecular flexibility index (Phi) is 4.76. The van der Waals surface area contributed by atoms with Crippen molar-refractivity contribution in [3.8, 4) is 0 Å². The van der Waals surface area contributed by atoms with Crippen molar-refractivity contribution in [1.82, 2.24) is 0 Å². The van der Waals surface area contributed by atoms with Gasteiger partial charge in [0.15, 0.2) is 0 Å². The summed E-state index contributed by atoms with van der Waals surface area (Å²) in [7, 11) is 0. The second-order valence-electron chi connectivity index (χ2n) is 4.41. The van der Waals surface area contributed by atoms with Crippen molar-refractivity contribution >= 4 is 0 Å². The van der Waals surface area contributed by atoms with E-state index in [0.29, 0.717) is 11.8 Å². The molecule has 0 aromatic heterocycles. The molecule has 1 atom stereocenters. The summed E-state index contributed by atoms with van der Waals surface area (Å²) in [5.74, 6) is 1.05. The molecule has 0 saturated carbocycles. The predicted octanol–water partition coefficient (Wildman–Crippen LogP) is 2.99. The van der Waals surface area contributed by atoms with Crippen molar-refractivity contribution in [2.45, 2.75) is 26.7 Å². The van der Waals surface area contributed by atoms with Crippen LogP contribution in [0.15, 0.2) is 24.3 Å². The topological polar surface area (TPSA) is 26.0 Å². The Morgan fingerprint density at radius 2 is 1.80 bits per heavy atom. The molecular weight excluding hydrogens is 189 g/mol. The van der Waals surface area contributed by atoms with Gasteiger partial charge in [-0.3, -0.25) is 0 Å². The fraction of sp³-hybridized carbons (Fsp3) is 0.538. The summed E-state index contributed by atoms with van der Waals surface area (Å²) in [6, 6.07) is 6.77. The van der Waals surface area contributed by atoms with Gasteiger partial charge in [-0.2, -0.15) is 0 Å². The Balaban J connectivity index is 2.61. The molecule has 1 aromatic carbocycles. The van der Waals surface area contributed by atoms with Crippen LogP contribution in [0.25, 0.3) is 0 Å². The minimum absolute atomic E-state index is 0.168. The maximum Gasteiger partial charge on any atom is 0.123 e. The molecule has 2 N–H and O–H groups in total. The average Bonchev–Trinajstić information content (AvgIpc) is 2.20. The van der Waals surface area contributed by atoms with Crippen molar-refractivity contribution in [3.63, 3.8) is 0 Å². The van der Waals surface area contributed by atoms with Crippen LogP contribution in [0, 0.1) is 17.7 Å². The van der Waals surface area contributed by atoms with E-state index in [1.165, 1.54) is 17.7 Å². The molecule has 2 heteroatoms. The fourth-order valence-corrected chi connectivity index (χ4v) is 1.81. The van der Waals surface area contributed by atoms with Gasteiger partial charge in [-0.15, -0.1) is 0 Å². The third kappa shape index (κ3) is 4.00. The van der Waals surface area contributed by atoms with E-state index < -0.39 is 0 Å². The Morgan fingerprint density at radius 3 is 2.27 bits per heavy atom. The van der Waals surface area contributed by atoms with Gasteiger partial charge < -0.3 is 5.73 Å². The van der Waals surface area contributed by atoms with Gasteiger partial charge in [-0.25, -0.2) is 4.39 Å². The number of hydrogen-bond donors (Lipinski definition) is 1. The zero-order valence-corrected chi connectivity index (χ0v) is 9.54. The van der Waals surface area contributed by atoms with Crippen LogP contribution in [0.2, 0.25) is 0 Å². The number of rotatable bonds is 5. The SMILES string of the molecule is CC(C)C(CCN)Cc1ccc(F)cc1. The van der Waals surface area contributed by atoms with Crippen LogP contribution in [0.1, 0.15) is 25.8 Å². The number of hydrogen-bond acceptors (Lipinski definition) is 1. The van der Waals surface area contributed by atoms with Crippen LogP contribution in [-0.2, 0) is 6.42 Å². The maximum absolute atomic E-state index is 12.7. The molecule has 0 aliphatic rings. The lowest BCUT2D eigenvalue weighted by Crippen LogP contribution is -2.16. The molecule has 0 amide bonds. The molecule has 1 unspecified atom stereocenters. The third-order valence-electron chi connectivity index (χ3n) is 2.89. The van der Waals surface area contributed by atoms with E-state index in [9.17, 15) is 4.39 Å². The molecule has 0 heterocycles. The highest BCUT2D eigenvalue weighted by atomic mass is 19.1. The third-order valence-corrected chi connectivity index (χ3v) is 2.89. The van der Waals surface area contributed by atoms with E-state index in [1.807, 2.05) is 12.1 Å². The Morgan fingerprint density at radius 1 is 1.20 bits per heavy atom. The molecule has 84 valence electrons. The molecule has 0 fully saturated rings. The summed E-state index contributed by atoms with van der Waals surface area (Å²) >= 11 is 0. The van der Waals surface area contributed by atoms with Crippen molar-refractivity contribution < 1.29 is 4.39 Å². The summed E-state index contributed by atoms with van der Waals surface area (Å²) < 4.78 is 12.7. The van der Waals surface area contributed by atoms with Crippen LogP contribution in [0.5, 0.6) is 0 Å². The number of halogens is 1. The molecule has 0 radical (unpaired) electrons. The Labute approximate surface area is 91.5 Å². The van der Waals surface area contributed by atoms with Crippen LogP contribution >= 0.6 is 0 Å². The van der Waals surface area contributed by atoms with Gasteiger partial charge in [-0.05, 0) is 48.9 Å². The molecule has 15 heavy (non-hydrogen) atoms. The lowest BCUT2D eigenvalue weighted by Gasteiger charge is -2.20. The first-order chi connectivity index (χ1) is 7.13. The maximum atomic E-state index is 12.7. The van der Waals surface area contributed by atoms with E-state index in [4.69, 9.17) is 5.73 Å². The standard InChI is InChI=1S/C13H20FN/c1-10(2)12(7-8-15)9-11-3-5-13(14)6-4-11/h3-6,10,12H,7-9,15H2,1-2H3. The van der Waals surface area contributed by atoms with Crippen LogP contribution < -0.4 is 5.73 Å². The number of nitrogens with two attached hydrogens (primary N) is 1. The molecule has 0 saturated heterocycles. The molecule has 0 bridgehead atoms. The summed E-state index contributed by atoms with van der Waals surface area (Å²) in [5.41, 5.74) is 6.78. The minimum Gasteiger partial charge on any atom is -0.330 e. The molecule has 0 spiro atoms. The summed E-state index contributed by atoms with van der Waals surface area (Å²) in [5, 5.41) is 0. The van der Waals surface area contributed by atoms with Crippen molar-refractivity contribution in [1.29, 1.82) is 0 Å². The van der Waals surface area contributed by atoms with Crippen LogP contribution in [0.3, 0.4) is 0 Å². The molecule has 1 nitrogen and oxygen atoms in total. The molecular formula is C13H20FN. The van der Waals surface area contributed by atoms with E-state index in [1.54, 1.807) is 0 Å². The highest BCUT2D eigenvalue weighted by molar-refractivity contribution is 5.16. The largest absolute Gasteiger partial charge is 0.330 e. The van der Waals surface area contributed by atoms with Crippen LogP contribution in [-0.4, -0.2) is 6.54 Å². The van der Waals surface area contributed by atoms with Crippen molar-refractivity contribution in [3.05, 3.63) is 35.6 Å². The highest BCUT2D eigenvalue weighted by Gasteiger charge is 2.12. The van der Waals surface area contributed by atoms with Gasteiger partial charge in [0.1, 0.15) is 5.82 Å². The quantitative estimate of drug-likeness (QED) is 0.792. The lowest BCUT2D eigenvalue weighted by molar-refractivity contribution is 0.362. The first kappa shape index (κ1) is 12.2. The minimum atomic E-state index is -0.168. The molecule has 0 aliphatic heterocycles. The van der Waals surface area contributed by atoms with E-state index in [-0.39, 0.29) is 5.82 Å². The first-order valence-corrected chi connectivity index (χ1v) is 5.58. The Bertz CT molecular complexity index is 279. The van der Waals surface area contributed by atoms with Crippen molar-refractivity contribution in [2.75, 3.05) is 6.54 Å². The predicted molar refractivity (Wildman–Crippen MR) is 62.1 cm³/mol. The Hall–Kier alpha value is -0.890. The second kappa shape index (κ2) is 5.86. The smallest absolute Gasteiger partial charge is 0.123 e. The zero-order chi connectivity index (χ0) is 11.3. The normalized spacial score (nSPS) is 13.1. The highest BCUT2D eigenvalue weighted by Crippen LogP contribution is 2.20. The monoisotopic (exact) mass is 209 g/mol. The van der Waals surface area contributed by atoms with E-state index >= 15 is 0 Å². The van der Waals surface area contributed by atoms with Gasteiger partial charge in [0.2, 0.25) is 0 Å². The van der Waals surface area contributed by atoms with E-state index in [0.717, 1.165) is 19.4 Å². The van der Waals surface area contributed by atoms with Gasteiger partial charge in [0.05, 0.1) is 0 Å². The average molecular weight is 209 g/mol. The van der Waals surface area contributed by atoms with Gasteiger partial charge >= 0.3 is 0 Å². The van der Waals surface area contributed by atoms with E-state index in [2.05, 4.69) is 13.8 Å². The number of benzene rings is 1. The van der Waals surface area contributed by atoms with Gasteiger partial charge in [0, 0.05) is 0 Å². The molecule has 1 rings (SSSR count). The fourth-order valence-electron chi connectivity index (χ4n) is 1.81. The first-order valence-electron chi connectivity index (χ1n) is 5.58. The van der Waals surface area contributed by atoms with Gasteiger partial charge in [0.25, 0.3) is 0 Å². The zero-order valence-electron chi connectivity index (χ0n) is 9.54. The summed E-state index contributed by atoms with van der Waals surface area (Å²) in [6.07, 6.45) is 2.03. The summed E-state index contributed by atoms with van der Waals surface area (Å²) in [6.45, 7) is 5.15. The van der Waals surface area contributed by atoms with Crippen LogP contribution in [0.4, 0.5) is 4.39 Å². The molecule has 0 aliphatic carbocycles. The molecule has 1 aromatic rings. The lowest BCUT2D eigenvalue weighted by atomic mass is 9.87.